The Balaban J connectivity index is 2.53. The van der Waals surface area contributed by atoms with E-state index in [2.05, 4.69) is 5.32 Å². The molecule has 1 fully saturated rings. The number of amides is 1. The molecule has 0 heterocycles. The summed E-state index contributed by atoms with van der Waals surface area (Å²) >= 11 is 0. The van der Waals surface area contributed by atoms with Crippen molar-refractivity contribution in [3.05, 3.63) is 0 Å². The highest BCUT2D eigenvalue weighted by atomic mass is 16.4. The molecule has 0 bridgehead atoms. The Hall–Kier alpha value is -1.06. The van der Waals surface area contributed by atoms with Gasteiger partial charge in [0.05, 0.1) is 0 Å². The number of carbonyl (C=O) groups is 2. The number of hydrogen-bond donors (Lipinski definition) is 2. The number of hydrogen-bond acceptors (Lipinski definition) is 2. The van der Waals surface area contributed by atoms with E-state index in [-0.39, 0.29) is 17.7 Å². The molecule has 0 spiro atoms. The first-order valence-corrected chi connectivity index (χ1v) is 7.05. The van der Waals surface area contributed by atoms with E-state index < -0.39 is 12.0 Å². The highest BCUT2D eigenvalue weighted by Gasteiger charge is 2.27. The molecule has 0 aromatic rings. The minimum Gasteiger partial charge on any atom is -0.480 e. The highest BCUT2D eigenvalue weighted by molar-refractivity contribution is 5.85. The number of aliphatic carboxylic acids is 1. The van der Waals surface area contributed by atoms with E-state index in [9.17, 15) is 9.59 Å². The van der Waals surface area contributed by atoms with E-state index in [0.717, 1.165) is 25.7 Å². The fraction of sp³-hybridized carbons (Fsp3) is 0.857. The third-order valence-electron chi connectivity index (χ3n) is 3.71. The lowest BCUT2D eigenvalue weighted by Crippen LogP contribution is -2.46. The second-order valence-electron chi connectivity index (χ2n) is 5.61. The van der Waals surface area contributed by atoms with Crippen molar-refractivity contribution in [1.82, 2.24) is 5.32 Å². The van der Waals surface area contributed by atoms with Crippen molar-refractivity contribution in [2.75, 3.05) is 0 Å². The molecule has 1 atom stereocenters. The summed E-state index contributed by atoms with van der Waals surface area (Å²) in [5.41, 5.74) is 0. The van der Waals surface area contributed by atoms with Gasteiger partial charge in [-0.05, 0) is 18.8 Å². The second kappa shape index (κ2) is 7.39. The number of carboxylic acids is 1. The molecule has 1 rings (SSSR count). The van der Waals surface area contributed by atoms with Crippen molar-refractivity contribution >= 4 is 11.9 Å². The standard InChI is InChI=1S/C14H25NO3/c1-10(2)12(14(17)18)15-13(16)11-8-6-4-3-5-7-9-11/h10-12H,3-9H2,1-2H3,(H,15,16)(H,17,18)/t12-/m1/s1. The van der Waals surface area contributed by atoms with E-state index in [4.69, 9.17) is 5.11 Å². The SMILES string of the molecule is CC(C)[C@@H](NC(=O)C1CCCCCCC1)C(=O)O. The van der Waals surface area contributed by atoms with Crippen LogP contribution < -0.4 is 5.32 Å². The Morgan fingerprint density at radius 1 is 1.06 bits per heavy atom. The van der Waals surface area contributed by atoms with Gasteiger partial charge < -0.3 is 10.4 Å². The van der Waals surface area contributed by atoms with Gasteiger partial charge in [0.15, 0.2) is 0 Å². The molecule has 0 saturated heterocycles. The lowest BCUT2D eigenvalue weighted by Gasteiger charge is -2.23. The minimum absolute atomic E-state index is 0.00546. The number of carboxylic acid groups (broad SMARTS) is 1. The maximum atomic E-state index is 12.1. The fourth-order valence-electron chi connectivity index (χ4n) is 2.50. The zero-order valence-electron chi connectivity index (χ0n) is 11.4. The molecule has 4 heteroatoms. The van der Waals surface area contributed by atoms with Crippen molar-refractivity contribution in [3.63, 3.8) is 0 Å². The summed E-state index contributed by atoms with van der Waals surface area (Å²) in [6.07, 6.45) is 7.60. The fourth-order valence-corrected chi connectivity index (χ4v) is 2.50. The van der Waals surface area contributed by atoms with E-state index in [1.165, 1.54) is 19.3 Å². The maximum absolute atomic E-state index is 12.1. The first kappa shape index (κ1) is 15.0. The molecule has 1 aliphatic rings. The smallest absolute Gasteiger partial charge is 0.326 e. The molecular weight excluding hydrogens is 230 g/mol. The average molecular weight is 255 g/mol. The molecule has 104 valence electrons. The van der Waals surface area contributed by atoms with Crippen molar-refractivity contribution in [1.29, 1.82) is 0 Å². The molecule has 0 aromatic carbocycles. The van der Waals surface area contributed by atoms with Gasteiger partial charge in [0, 0.05) is 5.92 Å². The zero-order valence-corrected chi connectivity index (χ0v) is 11.4. The zero-order chi connectivity index (χ0) is 13.5. The first-order valence-electron chi connectivity index (χ1n) is 7.05. The predicted octanol–water partition coefficient (Wildman–Crippen LogP) is 2.57. The highest BCUT2D eigenvalue weighted by Crippen LogP contribution is 2.22. The van der Waals surface area contributed by atoms with Crippen LogP contribution in [0.25, 0.3) is 0 Å². The normalized spacial score (nSPS) is 19.9. The Labute approximate surface area is 109 Å². The quantitative estimate of drug-likeness (QED) is 0.811. The number of carbonyl (C=O) groups excluding carboxylic acids is 1. The van der Waals surface area contributed by atoms with Gasteiger partial charge in [-0.25, -0.2) is 4.79 Å². The van der Waals surface area contributed by atoms with Crippen LogP contribution in [-0.2, 0) is 9.59 Å². The topological polar surface area (TPSA) is 66.4 Å². The molecule has 0 radical (unpaired) electrons. The van der Waals surface area contributed by atoms with Crippen molar-refractivity contribution in [2.45, 2.75) is 64.8 Å². The van der Waals surface area contributed by atoms with Crippen LogP contribution in [0, 0.1) is 11.8 Å². The third kappa shape index (κ3) is 4.67. The summed E-state index contributed by atoms with van der Waals surface area (Å²) in [5, 5.41) is 11.8. The molecule has 18 heavy (non-hydrogen) atoms. The lowest BCUT2D eigenvalue weighted by atomic mass is 9.90. The Bertz CT molecular complexity index is 281. The van der Waals surface area contributed by atoms with Gasteiger partial charge >= 0.3 is 5.97 Å². The molecule has 2 N–H and O–H groups in total. The van der Waals surface area contributed by atoms with Crippen LogP contribution >= 0.6 is 0 Å². The molecule has 1 amide bonds. The van der Waals surface area contributed by atoms with Gasteiger partial charge in [-0.15, -0.1) is 0 Å². The van der Waals surface area contributed by atoms with Gasteiger partial charge in [-0.1, -0.05) is 46.0 Å². The van der Waals surface area contributed by atoms with Gasteiger partial charge in [0.2, 0.25) is 5.91 Å². The van der Waals surface area contributed by atoms with Crippen molar-refractivity contribution in [2.24, 2.45) is 11.8 Å². The average Bonchev–Trinajstić information content (AvgIpc) is 2.24. The Kier molecular flexibility index (Phi) is 6.16. The van der Waals surface area contributed by atoms with Gasteiger partial charge in [-0.3, -0.25) is 4.79 Å². The van der Waals surface area contributed by atoms with E-state index in [1.807, 2.05) is 13.8 Å². The summed E-state index contributed by atoms with van der Waals surface area (Å²) in [5.74, 6) is -1.09. The van der Waals surface area contributed by atoms with E-state index in [1.54, 1.807) is 0 Å². The maximum Gasteiger partial charge on any atom is 0.326 e. The van der Waals surface area contributed by atoms with Gasteiger partial charge in [-0.2, -0.15) is 0 Å². The predicted molar refractivity (Wildman–Crippen MR) is 70.2 cm³/mol. The summed E-state index contributed by atoms with van der Waals surface area (Å²) in [4.78, 5) is 23.2. The lowest BCUT2D eigenvalue weighted by molar-refractivity contribution is -0.143. The van der Waals surface area contributed by atoms with Gasteiger partial charge in [0.1, 0.15) is 6.04 Å². The van der Waals surface area contributed by atoms with Crippen LogP contribution in [0.15, 0.2) is 0 Å². The van der Waals surface area contributed by atoms with Crippen molar-refractivity contribution < 1.29 is 14.7 Å². The second-order valence-corrected chi connectivity index (χ2v) is 5.61. The molecular formula is C14H25NO3. The summed E-state index contributed by atoms with van der Waals surface area (Å²) in [7, 11) is 0. The molecule has 0 aromatic heterocycles. The molecule has 1 aliphatic carbocycles. The van der Waals surface area contributed by atoms with E-state index >= 15 is 0 Å². The molecule has 4 nitrogen and oxygen atoms in total. The molecule has 0 aliphatic heterocycles. The van der Waals surface area contributed by atoms with Crippen LogP contribution in [-0.4, -0.2) is 23.0 Å². The van der Waals surface area contributed by atoms with Crippen LogP contribution in [0.1, 0.15) is 58.8 Å². The van der Waals surface area contributed by atoms with Crippen LogP contribution in [0.4, 0.5) is 0 Å². The van der Waals surface area contributed by atoms with Gasteiger partial charge in [0.25, 0.3) is 0 Å². The Morgan fingerprint density at radius 3 is 2.00 bits per heavy atom. The number of rotatable bonds is 4. The van der Waals surface area contributed by atoms with E-state index in [0.29, 0.717) is 0 Å². The summed E-state index contributed by atoms with van der Waals surface area (Å²) < 4.78 is 0. The van der Waals surface area contributed by atoms with Crippen LogP contribution in [0.5, 0.6) is 0 Å². The largest absolute Gasteiger partial charge is 0.480 e. The summed E-state index contributed by atoms with van der Waals surface area (Å²) in [6.45, 7) is 3.63. The Morgan fingerprint density at radius 2 is 1.56 bits per heavy atom. The molecule has 1 saturated carbocycles. The van der Waals surface area contributed by atoms with Crippen LogP contribution in [0.2, 0.25) is 0 Å². The minimum atomic E-state index is -0.941. The summed E-state index contributed by atoms with van der Waals surface area (Å²) in [6, 6.07) is -0.761. The monoisotopic (exact) mass is 255 g/mol. The first-order chi connectivity index (χ1) is 8.52. The van der Waals surface area contributed by atoms with Crippen molar-refractivity contribution in [3.8, 4) is 0 Å². The number of nitrogens with one attached hydrogen (secondary N) is 1. The third-order valence-corrected chi connectivity index (χ3v) is 3.71. The molecule has 0 unspecified atom stereocenters. The van der Waals surface area contributed by atoms with Crippen LogP contribution in [0.3, 0.4) is 0 Å².